The van der Waals surface area contributed by atoms with Crippen LogP contribution in [0.4, 0.5) is 0 Å². The molecule has 0 unspecified atom stereocenters. The summed E-state index contributed by atoms with van der Waals surface area (Å²) in [5.74, 6) is -1.24. The minimum Gasteiger partial charge on any atom is -0.481 e. The fraction of sp³-hybridized carbons (Fsp3) is 0.818. The number of amides is 1. The van der Waals surface area contributed by atoms with Gasteiger partial charge in [-0.05, 0) is 13.0 Å². The fourth-order valence-corrected chi connectivity index (χ4v) is 2.18. The number of carboxylic acids is 1. The zero-order valence-electron chi connectivity index (χ0n) is 10.2. The molecule has 0 saturated carbocycles. The van der Waals surface area contributed by atoms with Gasteiger partial charge in [0.2, 0.25) is 5.91 Å². The number of aliphatic carboxylic acids is 1. The first-order valence-electron chi connectivity index (χ1n) is 5.96. The van der Waals surface area contributed by atoms with E-state index in [2.05, 4.69) is 12.2 Å². The van der Waals surface area contributed by atoms with Gasteiger partial charge in [0.1, 0.15) is 0 Å². The summed E-state index contributed by atoms with van der Waals surface area (Å²) in [5, 5.41) is 12.0. The number of rotatable bonds is 8. The predicted molar refractivity (Wildman–Crippen MR) is 63.5 cm³/mol. The average molecular weight is 243 g/mol. The number of nitrogens with two attached hydrogens (primary N) is 1. The van der Waals surface area contributed by atoms with Crippen molar-refractivity contribution in [2.45, 2.75) is 31.7 Å². The van der Waals surface area contributed by atoms with E-state index in [1.165, 1.54) is 0 Å². The zero-order chi connectivity index (χ0) is 12.9. The van der Waals surface area contributed by atoms with Crippen LogP contribution in [-0.4, -0.2) is 53.6 Å². The number of nitrogens with zero attached hydrogens (tertiary/aromatic N) is 1. The van der Waals surface area contributed by atoms with E-state index in [1.807, 2.05) is 4.90 Å². The van der Waals surface area contributed by atoms with Gasteiger partial charge in [0.05, 0.1) is 18.5 Å². The topological polar surface area (TPSA) is 95.7 Å². The molecular weight excluding hydrogens is 222 g/mol. The highest BCUT2D eigenvalue weighted by atomic mass is 16.4. The minimum absolute atomic E-state index is 0.0526. The van der Waals surface area contributed by atoms with Gasteiger partial charge in [-0.25, -0.2) is 0 Å². The Balaban J connectivity index is 2.70. The lowest BCUT2D eigenvalue weighted by atomic mass is 9.86. The van der Waals surface area contributed by atoms with Crippen molar-refractivity contribution >= 4 is 11.9 Å². The molecule has 0 aromatic heterocycles. The third-order valence-corrected chi connectivity index (χ3v) is 3.19. The molecule has 0 aromatic carbocycles. The second-order valence-electron chi connectivity index (χ2n) is 4.64. The first kappa shape index (κ1) is 13.9. The Bertz CT molecular complexity index is 290. The lowest BCUT2D eigenvalue weighted by molar-refractivity contribution is -0.143. The summed E-state index contributed by atoms with van der Waals surface area (Å²) in [6, 6.07) is 0. The second kappa shape index (κ2) is 5.97. The minimum atomic E-state index is -0.836. The Hall–Kier alpha value is -1.14. The standard InChI is InChI=1S/C11H21N3O3/c1-2-3-4-14(6-9(12)15)11(5-10(16)17)7-13-8-11/h13H,2-8H2,1H3,(H2,12,15)(H,16,17). The van der Waals surface area contributed by atoms with Crippen molar-refractivity contribution in [1.82, 2.24) is 10.2 Å². The number of carbonyl (C=O) groups excluding carboxylic acids is 1. The van der Waals surface area contributed by atoms with Crippen LogP contribution in [0.3, 0.4) is 0 Å². The van der Waals surface area contributed by atoms with Crippen molar-refractivity contribution in [2.24, 2.45) is 5.73 Å². The zero-order valence-corrected chi connectivity index (χ0v) is 10.2. The third-order valence-electron chi connectivity index (χ3n) is 3.19. The second-order valence-corrected chi connectivity index (χ2v) is 4.64. The van der Waals surface area contributed by atoms with Gasteiger partial charge in [0.25, 0.3) is 0 Å². The molecule has 17 heavy (non-hydrogen) atoms. The molecule has 1 rings (SSSR count). The number of unbranched alkanes of at least 4 members (excludes halogenated alkanes) is 1. The van der Waals surface area contributed by atoms with Crippen molar-refractivity contribution < 1.29 is 14.7 Å². The maximum Gasteiger partial charge on any atom is 0.305 e. The van der Waals surface area contributed by atoms with Crippen molar-refractivity contribution in [1.29, 1.82) is 0 Å². The highest BCUT2D eigenvalue weighted by Crippen LogP contribution is 2.25. The molecule has 1 amide bonds. The Morgan fingerprint density at radius 2 is 2.12 bits per heavy atom. The maximum atomic E-state index is 11.1. The molecule has 6 nitrogen and oxygen atoms in total. The van der Waals surface area contributed by atoms with E-state index in [9.17, 15) is 9.59 Å². The van der Waals surface area contributed by atoms with Crippen LogP contribution >= 0.6 is 0 Å². The quantitative estimate of drug-likeness (QED) is 0.528. The molecule has 0 bridgehead atoms. The molecule has 0 aliphatic carbocycles. The van der Waals surface area contributed by atoms with Crippen LogP contribution in [-0.2, 0) is 9.59 Å². The van der Waals surface area contributed by atoms with Crippen molar-refractivity contribution in [3.8, 4) is 0 Å². The Morgan fingerprint density at radius 3 is 2.47 bits per heavy atom. The summed E-state index contributed by atoms with van der Waals surface area (Å²) in [5.41, 5.74) is 4.79. The smallest absolute Gasteiger partial charge is 0.305 e. The average Bonchev–Trinajstić information content (AvgIpc) is 2.17. The molecule has 6 heteroatoms. The summed E-state index contributed by atoms with van der Waals surface area (Å²) in [4.78, 5) is 23.9. The molecule has 0 aromatic rings. The molecule has 1 aliphatic rings. The summed E-state index contributed by atoms with van der Waals surface area (Å²) in [6.07, 6.45) is 2.00. The van der Waals surface area contributed by atoms with Gasteiger partial charge >= 0.3 is 5.97 Å². The Labute approximate surface area is 101 Å². The molecule has 1 saturated heterocycles. The first-order valence-corrected chi connectivity index (χ1v) is 5.96. The molecular formula is C11H21N3O3. The molecule has 98 valence electrons. The normalized spacial score (nSPS) is 17.8. The maximum absolute atomic E-state index is 11.1. The summed E-state index contributed by atoms with van der Waals surface area (Å²) in [7, 11) is 0. The van der Waals surface area contributed by atoms with E-state index in [0.717, 1.165) is 12.8 Å². The van der Waals surface area contributed by atoms with Crippen LogP contribution in [0.5, 0.6) is 0 Å². The highest BCUT2D eigenvalue weighted by molar-refractivity contribution is 5.76. The lowest BCUT2D eigenvalue weighted by Crippen LogP contribution is -2.70. The molecule has 0 spiro atoms. The van der Waals surface area contributed by atoms with Gasteiger partial charge < -0.3 is 16.2 Å². The number of primary amides is 1. The molecule has 1 fully saturated rings. The van der Waals surface area contributed by atoms with E-state index in [1.54, 1.807) is 0 Å². The molecule has 1 aliphatic heterocycles. The molecule has 0 atom stereocenters. The van der Waals surface area contributed by atoms with E-state index in [4.69, 9.17) is 10.8 Å². The summed E-state index contributed by atoms with van der Waals surface area (Å²) in [6.45, 7) is 4.13. The Morgan fingerprint density at radius 1 is 1.47 bits per heavy atom. The number of hydrogen-bond donors (Lipinski definition) is 3. The fourth-order valence-electron chi connectivity index (χ4n) is 2.18. The first-order chi connectivity index (χ1) is 8.00. The summed E-state index contributed by atoms with van der Waals surface area (Å²) >= 11 is 0. The third kappa shape index (κ3) is 3.67. The molecule has 0 radical (unpaired) electrons. The number of carboxylic acid groups (broad SMARTS) is 1. The lowest BCUT2D eigenvalue weighted by Gasteiger charge is -2.49. The van der Waals surface area contributed by atoms with Crippen LogP contribution in [0.2, 0.25) is 0 Å². The van der Waals surface area contributed by atoms with Gasteiger partial charge in [-0.2, -0.15) is 0 Å². The van der Waals surface area contributed by atoms with Crippen molar-refractivity contribution in [3.63, 3.8) is 0 Å². The highest BCUT2D eigenvalue weighted by Gasteiger charge is 2.44. The van der Waals surface area contributed by atoms with E-state index in [0.29, 0.717) is 19.6 Å². The number of hydrogen-bond acceptors (Lipinski definition) is 4. The Kier molecular flexibility index (Phi) is 4.89. The summed E-state index contributed by atoms with van der Waals surface area (Å²) < 4.78 is 0. The van der Waals surface area contributed by atoms with Crippen LogP contribution < -0.4 is 11.1 Å². The van der Waals surface area contributed by atoms with Gasteiger partial charge in [0, 0.05) is 13.1 Å². The van der Waals surface area contributed by atoms with Gasteiger partial charge in [0.15, 0.2) is 0 Å². The molecule has 4 N–H and O–H groups in total. The van der Waals surface area contributed by atoms with E-state index >= 15 is 0 Å². The van der Waals surface area contributed by atoms with E-state index in [-0.39, 0.29) is 13.0 Å². The monoisotopic (exact) mass is 243 g/mol. The largest absolute Gasteiger partial charge is 0.481 e. The van der Waals surface area contributed by atoms with Crippen LogP contribution in [0, 0.1) is 0 Å². The predicted octanol–water partition coefficient (Wildman–Crippen LogP) is -0.609. The van der Waals surface area contributed by atoms with Crippen molar-refractivity contribution in [2.75, 3.05) is 26.2 Å². The van der Waals surface area contributed by atoms with Crippen LogP contribution in [0.25, 0.3) is 0 Å². The van der Waals surface area contributed by atoms with E-state index < -0.39 is 17.4 Å². The van der Waals surface area contributed by atoms with Crippen LogP contribution in [0.1, 0.15) is 26.2 Å². The molecule has 1 heterocycles. The SMILES string of the molecule is CCCCN(CC(N)=O)C1(CC(=O)O)CNC1. The number of carbonyl (C=O) groups is 2. The number of nitrogens with one attached hydrogen (secondary N) is 1. The van der Waals surface area contributed by atoms with Crippen LogP contribution in [0.15, 0.2) is 0 Å². The van der Waals surface area contributed by atoms with Gasteiger partial charge in [-0.3, -0.25) is 14.5 Å². The van der Waals surface area contributed by atoms with Gasteiger partial charge in [-0.1, -0.05) is 13.3 Å². The van der Waals surface area contributed by atoms with Gasteiger partial charge in [-0.15, -0.1) is 0 Å². The van der Waals surface area contributed by atoms with Crippen molar-refractivity contribution in [3.05, 3.63) is 0 Å².